The lowest BCUT2D eigenvalue weighted by molar-refractivity contribution is 0.357. The van der Waals surface area contributed by atoms with E-state index < -0.39 is 0 Å². The first-order chi connectivity index (χ1) is 9.78. The molecule has 0 saturated heterocycles. The van der Waals surface area contributed by atoms with Gasteiger partial charge in [-0.2, -0.15) is 0 Å². The molecule has 1 atom stereocenters. The van der Waals surface area contributed by atoms with Crippen molar-refractivity contribution in [2.75, 3.05) is 6.61 Å². The van der Waals surface area contributed by atoms with Gasteiger partial charge in [0, 0.05) is 11.3 Å². The van der Waals surface area contributed by atoms with Crippen LogP contribution >= 0.6 is 11.3 Å². The van der Waals surface area contributed by atoms with Gasteiger partial charge in [0.1, 0.15) is 5.75 Å². The lowest BCUT2D eigenvalue weighted by atomic mass is 10.0. The number of ether oxygens (including phenoxy) is 1. The van der Waals surface area contributed by atoms with Gasteiger partial charge in [0.15, 0.2) is 0 Å². The van der Waals surface area contributed by atoms with Crippen molar-refractivity contribution < 1.29 is 4.74 Å². The molecule has 2 heterocycles. The zero-order valence-corrected chi connectivity index (χ0v) is 12.5. The molecule has 0 fully saturated rings. The van der Waals surface area contributed by atoms with Crippen molar-refractivity contribution in [2.24, 2.45) is 5.84 Å². The second-order valence-electron chi connectivity index (χ2n) is 5.27. The Morgan fingerprint density at radius 1 is 1.40 bits per heavy atom. The van der Waals surface area contributed by atoms with Crippen molar-refractivity contribution in [3.8, 4) is 5.75 Å². The summed E-state index contributed by atoms with van der Waals surface area (Å²) in [4.78, 5) is 1.34. The summed E-state index contributed by atoms with van der Waals surface area (Å²) < 4.78 is 5.54. The van der Waals surface area contributed by atoms with Crippen LogP contribution in [0, 0.1) is 6.92 Å². The van der Waals surface area contributed by atoms with Gasteiger partial charge >= 0.3 is 0 Å². The maximum absolute atomic E-state index is 5.72. The number of thiophene rings is 1. The van der Waals surface area contributed by atoms with Gasteiger partial charge in [-0.15, -0.1) is 11.3 Å². The van der Waals surface area contributed by atoms with Crippen LogP contribution in [0.5, 0.6) is 5.75 Å². The Kier molecular flexibility index (Phi) is 4.05. The van der Waals surface area contributed by atoms with Gasteiger partial charge in [-0.1, -0.05) is 12.1 Å². The Morgan fingerprint density at radius 3 is 3.05 bits per heavy atom. The monoisotopic (exact) mass is 288 g/mol. The Bertz CT molecular complexity index is 594. The van der Waals surface area contributed by atoms with Crippen LogP contribution in [-0.4, -0.2) is 6.61 Å². The molecule has 0 spiro atoms. The fourth-order valence-corrected chi connectivity index (χ4v) is 3.76. The van der Waals surface area contributed by atoms with Crippen LogP contribution in [0.2, 0.25) is 0 Å². The first kappa shape index (κ1) is 13.6. The van der Waals surface area contributed by atoms with Gasteiger partial charge in [-0.25, -0.2) is 0 Å². The highest BCUT2D eigenvalue weighted by Gasteiger charge is 2.15. The number of nitrogens with one attached hydrogen (secondary N) is 1. The van der Waals surface area contributed by atoms with E-state index in [1.807, 2.05) is 0 Å². The number of hydrogen-bond donors (Lipinski definition) is 2. The normalized spacial score (nSPS) is 14.9. The maximum atomic E-state index is 5.72. The summed E-state index contributed by atoms with van der Waals surface area (Å²) in [7, 11) is 0. The average molecular weight is 288 g/mol. The van der Waals surface area contributed by atoms with Crippen molar-refractivity contribution in [3.63, 3.8) is 0 Å². The van der Waals surface area contributed by atoms with Crippen molar-refractivity contribution >= 4 is 11.3 Å². The highest BCUT2D eigenvalue weighted by Crippen LogP contribution is 2.29. The van der Waals surface area contributed by atoms with Gasteiger partial charge in [0.25, 0.3) is 0 Å². The van der Waals surface area contributed by atoms with Crippen LogP contribution in [0.3, 0.4) is 0 Å². The molecule has 106 valence electrons. The molecule has 1 aromatic carbocycles. The maximum Gasteiger partial charge on any atom is 0.122 e. The molecule has 20 heavy (non-hydrogen) atoms. The third kappa shape index (κ3) is 2.73. The van der Waals surface area contributed by atoms with E-state index in [1.54, 1.807) is 11.3 Å². The molecular formula is C16H20N2OS. The molecule has 3 rings (SSSR count). The fourth-order valence-electron chi connectivity index (χ4n) is 2.74. The molecular weight excluding hydrogens is 268 g/mol. The van der Waals surface area contributed by atoms with Gasteiger partial charge in [-0.05, 0) is 54.0 Å². The van der Waals surface area contributed by atoms with E-state index in [0.717, 1.165) is 31.6 Å². The van der Waals surface area contributed by atoms with Crippen LogP contribution in [0.25, 0.3) is 0 Å². The minimum Gasteiger partial charge on any atom is -0.493 e. The van der Waals surface area contributed by atoms with Crippen molar-refractivity contribution in [1.29, 1.82) is 0 Å². The van der Waals surface area contributed by atoms with Gasteiger partial charge < -0.3 is 4.74 Å². The highest BCUT2D eigenvalue weighted by molar-refractivity contribution is 7.10. The summed E-state index contributed by atoms with van der Waals surface area (Å²) in [6.45, 7) is 2.96. The molecule has 0 amide bonds. The average Bonchev–Trinajstić information content (AvgIpc) is 3.08. The Labute approximate surface area is 123 Å². The van der Waals surface area contributed by atoms with E-state index in [2.05, 4.69) is 42.0 Å². The topological polar surface area (TPSA) is 47.3 Å². The van der Waals surface area contributed by atoms with E-state index in [0.29, 0.717) is 0 Å². The van der Waals surface area contributed by atoms with E-state index in [9.17, 15) is 0 Å². The number of fused-ring (bicyclic) bond motifs is 1. The number of rotatable bonds is 5. The molecule has 0 bridgehead atoms. The van der Waals surface area contributed by atoms with Gasteiger partial charge in [0.2, 0.25) is 0 Å². The summed E-state index contributed by atoms with van der Waals surface area (Å²) >= 11 is 1.77. The Hall–Kier alpha value is -1.36. The molecule has 0 saturated carbocycles. The van der Waals surface area contributed by atoms with Gasteiger partial charge in [-0.3, -0.25) is 11.3 Å². The molecule has 4 heteroatoms. The third-order valence-electron chi connectivity index (χ3n) is 3.89. The fraction of sp³-hybridized carbons (Fsp3) is 0.375. The lowest BCUT2D eigenvalue weighted by Crippen LogP contribution is -2.28. The second kappa shape index (κ2) is 5.95. The van der Waals surface area contributed by atoms with Crippen molar-refractivity contribution in [2.45, 2.75) is 32.2 Å². The molecule has 1 aromatic heterocycles. The molecule has 2 aromatic rings. The predicted molar refractivity (Wildman–Crippen MR) is 83.1 cm³/mol. The van der Waals surface area contributed by atoms with Crippen molar-refractivity contribution in [1.82, 2.24) is 5.43 Å². The zero-order chi connectivity index (χ0) is 13.9. The molecule has 3 N–H and O–H groups in total. The number of hydrogen-bond acceptors (Lipinski definition) is 4. The molecule has 0 radical (unpaired) electrons. The Morgan fingerprint density at radius 2 is 2.30 bits per heavy atom. The number of hydrazine groups is 1. The number of nitrogens with two attached hydrogens (primary N) is 1. The Balaban J connectivity index is 1.68. The van der Waals surface area contributed by atoms with Gasteiger partial charge in [0.05, 0.1) is 12.6 Å². The molecule has 3 nitrogen and oxygen atoms in total. The lowest BCUT2D eigenvalue weighted by Gasteiger charge is -2.15. The quantitative estimate of drug-likeness (QED) is 0.656. The first-order valence-electron chi connectivity index (χ1n) is 7.02. The van der Waals surface area contributed by atoms with E-state index in [4.69, 9.17) is 10.6 Å². The van der Waals surface area contributed by atoms with Crippen LogP contribution < -0.4 is 16.0 Å². The smallest absolute Gasteiger partial charge is 0.122 e. The van der Waals surface area contributed by atoms with Crippen LogP contribution in [-0.2, 0) is 12.8 Å². The van der Waals surface area contributed by atoms with E-state index in [1.165, 1.54) is 21.6 Å². The van der Waals surface area contributed by atoms with E-state index >= 15 is 0 Å². The summed E-state index contributed by atoms with van der Waals surface area (Å²) in [6.07, 6.45) is 3.07. The standard InChI is InChI=1S/C16H20N2OS/c1-11-7-9-20-16(11)14(18-17)4-2-12-3-5-15-13(10-12)6-8-19-15/h3,5,7,9-10,14,18H,2,4,6,8,17H2,1H3. The minimum atomic E-state index is 0.236. The SMILES string of the molecule is Cc1ccsc1C(CCc1ccc2c(c1)CCO2)NN. The van der Waals surface area contributed by atoms with Crippen molar-refractivity contribution in [3.05, 3.63) is 51.2 Å². The third-order valence-corrected chi connectivity index (χ3v) is 5.03. The molecule has 1 unspecified atom stereocenters. The largest absolute Gasteiger partial charge is 0.493 e. The van der Waals surface area contributed by atoms with Crippen LogP contribution in [0.1, 0.15) is 34.0 Å². The summed E-state index contributed by atoms with van der Waals surface area (Å²) in [5.74, 6) is 6.78. The summed E-state index contributed by atoms with van der Waals surface area (Å²) in [5.41, 5.74) is 6.98. The molecule has 0 aliphatic carbocycles. The predicted octanol–water partition coefficient (Wildman–Crippen LogP) is 3.13. The molecule has 1 aliphatic rings. The van der Waals surface area contributed by atoms with Crippen LogP contribution in [0.15, 0.2) is 29.6 Å². The summed E-state index contributed by atoms with van der Waals surface area (Å²) in [6, 6.07) is 8.92. The zero-order valence-electron chi connectivity index (χ0n) is 11.7. The van der Waals surface area contributed by atoms with Crippen LogP contribution in [0.4, 0.5) is 0 Å². The highest BCUT2D eigenvalue weighted by atomic mass is 32.1. The number of benzene rings is 1. The minimum absolute atomic E-state index is 0.236. The number of aryl methyl sites for hydroxylation is 2. The summed E-state index contributed by atoms with van der Waals surface area (Å²) in [5, 5.41) is 2.13. The second-order valence-corrected chi connectivity index (χ2v) is 6.21. The first-order valence-corrected chi connectivity index (χ1v) is 7.90. The molecule has 1 aliphatic heterocycles. The van der Waals surface area contributed by atoms with E-state index in [-0.39, 0.29) is 6.04 Å².